The van der Waals surface area contributed by atoms with Crippen molar-refractivity contribution in [3.63, 3.8) is 0 Å². The Morgan fingerprint density at radius 1 is 1.06 bits per heavy atom. The molecule has 0 fully saturated rings. The molecule has 172 valence electrons. The first-order valence-corrected chi connectivity index (χ1v) is 11.0. The van der Waals surface area contributed by atoms with Crippen molar-refractivity contribution >= 4 is 11.8 Å². The quantitative estimate of drug-likeness (QED) is 0.529. The Morgan fingerprint density at radius 2 is 1.85 bits per heavy atom. The summed E-state index contributed by atoms with van der Waals surface area (Å²) in [5.41, 5.74) is 2.77. The van der Waals surface area contributed by atoms with Crippen LogP contribution in [-0.2, 0) is 13.1 Å². The molecule has 4 rings (SSSR count). The van der Waals surface area contributed by atoms with Crippen LogP contribution in [0.2, 0.25) is 0 Å². The predicted molar refractivity (Wildman–Crippen MR) is 121 cm³/mol. The Labute approximate surface area is 192 Å². The molecule has 1 aliphatic heterocycles. The molecular weight excluding hydrogens is 422 g/mol. The zero-order valence-corrected chi connectivity index (χ0v) is 18.8. The van der Waals surface area contributed by atoms with Crippen LogP contribution in [0.25, 0.3) is 0 Å². The number of hydrogen-bond acceptors (Lipinski definition) is 6. The molecule has 1 aliphatic rings. The first-order chi connectivity index (χ1) is 16.0. The highest BCUT2D eigenvalue weighted by atomic mass is 16.7. The van der Waals surface area contributed by atoms with Crippen molar-refractivity contribution in [2.45, 2.75) is 39.8 Å². The van der Waals surface area contributed by atoms with Crippen LogP contribution in [0.3, 0.4) is 0 Å². The summed E-state index contributed by atoms with van der Waals surface area (Å²) in [6.45, 7) is 5.41. The molecule has 0 unspecified atom stereocenters. The molecule has 8 heteroatoms. The van der Waals surface area contributed by atoms with Crippen molar-refractivity contribution in [2.75, 3.05) is 13.3 Å². The van der Waals surface area contributed by atoms with Crippen LogP contribution in [0.1, 0.15) is 57.5 Å². The number of benzene rings is 2. The van der Waals surface area contributed by atoms with Gasteiger partial charge in [-0.2, -0.15) is 0 Å². The molecule has 8 nitrogen and oxygen atoms in total. The Bertz CT molecular complexity index is 1120. The lowest BCUT2D eigenvalue weighted by Crippen LogP contribution is -2.31. The number of unbranched alkanes of at least 4 members (excludes halogenated alkanes) is 1. The van der Waals surface area contributed by atoms with Crippen LogP contribution < -0.4 is 14.8 Å². The van der Waals surface area contributed by atoms with E-state index >= 15 is 0 Å². The van der Waals surface area contributed by atoms with Gasteiger partial charge in [0.05, 0.1) is 6.54 Å². The van der Waals surface area contributed by atoms with E-state index in [9.17, 15) is 9.59 Å². The second kappa shape index (κ2) is 10.2. The van der Waals surface area contributed by atoms with Gasteiger partial charge in [-0.1, -0.05) is 42.3 Å². The van der Waals surface area contributed by atoms with E-state index in [1.807, 2.05) is 49.4 Å². The minimum Gasteiger partial charge on any atom is -0.454 e. The van der Waals surface area contributed by atoms with Gasteiger partial charge in [0.25, 0.3) is 11.8 Å². The molecule has 1 N–H and O–H groups in total. The first-order valence-electron chi connectivity index (χ1n) is 11.0. The highest BCUT2D eigenvalue weighted by Gasteiger charge is 2.20. The number of fused-ring (bicyclic) bond motifs is 1. The molecule has 2 heterocycles. The number of amides is 2. The maximum Gasteiger partial charge on any atom is 0.273 e. The lowest BCUT2D eigenvalue weighted by molar-refractivity contribution is 0.0724. The van der Waals surface area contributed by atoms with Gasteiger partial charge in [0.2, 0.25) is 6.79 Å². The molecule has 0 spiro atoms. The minimum absolute atomic E-state index is 0.0753. The summed E-state index contributed by atoms with van der Waals surface area (Å²) in [5.74, 6) is 1.39. The van der Waals surface area contributed by atoms with E-state index < -0.39 is 0 Å². The molecule has 3 aromatic rings. The van der Waals surface area contributed by atoms with E-state index in [2.05, 4.69) is 17.4 Å². The Hall–Kier alpha value is -3.81. The van der Waals surface area contributed by atoms with Gasteiger partial charge in [0, 0.05) is 24.7 Å². The predicted octanol–water partition coefficient (Wildman–Crippen LogP) is 4.08. The van der Waals surface area contributed by atoms with Crippen LogP contribution in [0.15, 0.2) is 53.1 Å². The smallest absolute Gasteiger partial charge is 0.273 e. The van der Waals surface area contributed by atoms with Crippen LogP contribution in [0.5, 0.6) is 11.5 Å². The summed E-state index contributed by atoms with van der Waals surface area (Å²) < 4.78 is 16.0. The second-order valence-electron chi connectivity index (χ2n) is 8.00. The number of nitrogens with one attached hydrogen (secondary N) is 1. The van der Waals surface area contributed by atoms with Gasteiger partial charge < -0.3 is 24.2 Å². The number of carbonyl (C=O) groups excluding carboxylic acids is 2. The van der Waals surface area contributed by atoms with E-state index in [0.717, 1.165) is 24.0 Å². The summed E-state index contributed by atoms with van der Waals surface area (Å²) in [6.07, 6.45) is 1.83. The average Bonchev–Trinajstić information content (AvgIpc) is 3.49. The highest BCUT2D eigenvalue weighted by Crippen LogP contribution is 2.32. The van der Waals surface area contributed by atoms with Crippen LogP contribution in [0.4, 0.5) is 0 Å². The molecule has 33 heavy (non-hydrogen) atoms. The van der Waals surface area contributed by atoms with E-state index in [4.69, 9.17) is 14.0 Å². The molecule has 0 saturated heterocycles. The summed E-state index contributed by atoms with van der Waals surface area (Å²) in [5, 5.41) is 6.72. The SMILES string of the molecule is CCCCN(Cc1cc(C(=O)NCc2ccc3c(c2)OCO3)no1)C(=O)c1ccc(C)cc1. The fraction of sp³-hybridized carbons (Fsp3) is 0.320. The number of hydrogen-bond donors (Lipinski definition) is 1. The van der Waals surface area contributed by atoms with Crippen LogP contribution in [-0.4, -0.2) is 35.2 Å². The average molecular weight is 450 g/mol. The normalized spacial score (nSPS) is 11.9. The number of ether oxygens (including phenoxy) is 2. The fourth-order valence-corrected chi connectivity index (χ4v) is 3.49. The molecule has 2 amide bonds. The maximum absolute atomic E-state index is 13.0. The number of carbonyl (C=O) groups is 2. The standard InChI is InChI=1S/C25H27N3O5/c1-3-4-11-28(25(30)19-8-5-17(2)6-9-19)15-20-13-21(27-33-20)24(29)26-14-18-7-10-22-23(12-18)32-16-31-22/h5-10,12-13H,3-4,11,14-16H2,1-2H3,(H,26,29). The molecule has 1 aromatic heterocycles. The Morgan fingerprint density at radius 3 is 2.64 bits per heavy atom. The van der Waals surface area contributed by atoms with Crippen LogP contribution in [0, 0.1) is 6.92 Å². The fourth-order valence-electron chi connectivity index (χ4n) is 3.49. The van der Waals surface area contributed by atoms with Crippen molar-refractivity contribution < 1.29 is 23.6 Å². The molecule has 0 radical (unpaired) electrons. The third-order valence-electron chi connectivity index (χ3n) is 5.40. The molecular formula is C25H27N3O5. The lowest BCUT2D eigenvalue weighted by atomic mass is 10.1. The third-order valence-corrected chi connectivity index (χ3v) is 5.40. The van der Waals surface area contributed by atoms with Crippen molar-refractivity contribution in [2.24, 2.45) is 0 Å². The van der Waals surface area contributed by atoms with Crippen molar-refractivity contribution in [3.05, 3.63) is 76.7 Å². The molecule has 0 saturated carbocycles. The highest BCUT2D eigenvalue weighted by molar-refractivity contribution is 5.94. The number of aromatic nitrogens is 1. The van der Waals surface area contributed by atoms with Crippen LogP contribution >= 0.6 is 0 Å². The van der Waals surface area contributed by atoms with Gasteiger partial charge in [0.1, 0.15) is 0 Å². The number of nitrogens with zero attached hydrogens (tertiary/aromatic N) is 2. The summed E-state index contributed by atoms with van der Waals surface area (Å²) in [4.78, 5) is 27.3. The Balaban J connectivity index is 1.38. The monoisotopic (exact) mass is 449 g/mol. The molecule has 0 aliphatic carbocycles. The zero-order valence-electron chi connectivity index (χ0n) is 18.8. The number of aryl methyl sites for hydroxylation is 1. The summed E-state index contributed by atoms with van der Waals surface area (Å²) >= 11 is 0. The second-order valence-corrected chi connectivity index (χ2v) is 8.00. The van der Waals surface area contributed by atoms with Gasteiger partial charge in [-0.05, 0) is 43.2 Å². The van der Waals surface area contributed by atoms with Gasteiger partial charge in [-0.25, -0.2) is 0 Å². The number of rotatable bonds is 9. The largest absolute Gasteiger partial charge is 0.454 e. The van der Waals surface area contributed by atoms with Crippen molar-refractivity contribution in [1.29, 1.82) is 0 Å². The van der Waals surface area contributed by atoms with Gasteiger partial charge in [-0.3, -0.25) is 9.59 Å². The van der Waals surface area contributed by atoms with Crippen molar-refractivity contribution in [1.82, 2.24) is 15.4 Å². The van der Waals surface area contributed by atoms with Gasteiger partial charge in [0.15, 0.2) is 23.0 Å². The maximum atomic E-state index is 13.0. The summed E-state index contributed by atoms with van der Waals surface area (Å²) in [7, 11) is 0. The third kappa shape index (κ3) is 5.52. The Kier molecular flexibility index (Phi) is 6.92. The summed E-state index contributed by atoms with van der Waals surface area (Å²) in [6, 6.07) is 14.6. The zero-order chi connectivity index (χ0) is 23.2. The molecule has 2 aromatic carbocycles. The minimum atomic E-state index is -0.354. The van der Waals surface area contributed by atoms with E-state index in [-0.39, 0.29) is 30.8 Å². The van der Waals surface area contributed by atoms with E-state index in [0.29, 0.717) is 35.9 Å². The lowest BCUT2D eigenvalue weighted by Gasteiger charge is -2.21. The van der Waals surface area contributed by atoms with Gasteiger partial charge in [-0.15, -0.1) is 0 Å². The van der Waals surface area contributed by atoms with Gasteiger partial charge >= 0.3 is 0 Å². The van der Waals surface area contributed by atoms with E-state index in [1.165, 1.54) is 0 Å². The van der Waals surface area contributed by atoms with E-state index in [1.54, 1.807) is 11.0 Å². The first kappa shape index (κ1) is 22.4. The topological polar surface area (TPSA) is 93.9 Å². The molecule has 0 bridgehead atoms. The molecule has 0 atom stereocenters. The van der Waals surface area contributed by atoms with Crippen molar-refractivity contribution in [3.8, 4) is 11.5 Å².